The van der Waals surface area contributed by atoms with E-state index in [0.717, 1.165) is 27.9 Å². The van der Waals surface area contributed by atoms with Gasteiger partial charge < -0.3 is 5.11 Å². The second kappa shape index (κ2) is 6.22. The average molecular weight is 326 g/mol. The summed E-state index contributed by atoms with van der Waals surface area (Å²) in [4.78, 5) is 9.40. The van der Waals surface area contributed by atoms with Crippen molar-refractivity contribution in [2.24, 2.45) is 0 Å². The van der Waals surface area contributed by atoms with Gasteiger partial charge in [0.1, 0.15) is 10.8 Å². The molecular weight excluding hydrogens is 308 g/mol. The Morgan fingerprint density at radius 3 is 2.74 bits per heavy atom. The SMILES string of the molecule is OCCn1nc(C2CC2)nc1Cc1csc(-c2ccccc2)n1. The number of benzene rings is 1. The smallest absolute Gasteiger partial charge is 0.154 e. The van der Waals surface area contributed by atoms with Gasteiger partial charge in [-0.1, -0.05) is 30.3 Å². The Morgan fingerprint density at radius 2 is 2.00 bits per heavy atom. The Kier molecular flexibility index (Phi) is 3.93. The fourth-order valence-electron chi connectivity index (χ4n) is 2.58. The van der Waals surface area contributed by atoms with Gasteiger partial charge in [0.05, 0.1) is 25.3 Å². The molecule has 0 spiro atoms. The Labute approximate surface area is 138 Å². The van der Waals surface area contributed by atoms with Gasteiger partial charge in [-0.15, -0.1) is 11.3 Å². The first kappa shape index (κ1) is 14.5. The second-order valence-corrected chi connectivity index (χ2v) is 6.65. The van der Waals surface area contributed by atoms with Crippen molar-refractivity contribution < 1.29 is 5.11 Å². The number of hydrogen-bond acceptors (Lipinski definition) is 5. The van der Waals surface area contributed by atoms with E-state index < -0.39 is 0 Å². The number of aliphatic hydroxyl groups excluding tert-OH is 1. The molecule has 0 amide bonds. The number of rotatable bonds is 6. The van der Waals surface area contributed by atoms with Crippen LogP contribution in [0.15, 0.2) is 35.7 Å². The Balaban J connectivity index is 1.57. The normalized spacial score (nSPS) is 14.3. The van der Waals surface area contributed by atoms with Gasteiger partial charge in [-0.25, -0.2) is 14.6 Å². The molecule has 0 aliphatic heterocycles. The van der Waals surface area contributed by atoms with E-state index in [0.29, 0.717) is 18.9 Å². The van der Waals surface area contributed by atoms with E-state index in [1.165, 1.54) is 12.8 Å². The largest absolute Gasteiger partial charge is 0.394 e. The molecular formula is C17H18N4OS. The summed E-state index contributed by atoms with van der Waals surface area (Å²) >= 11 is 1.65. The summed E-state index contributed by atoms with van der Waals surface area (Å²) in [5.41, 5.74) is 2.14. The first-order valence-corrected chi connectivity index (χ1v) is 8.76. The van der Waals surface area contributed by atoms with Crippen LogP contribution in [0, 0.1) is 0 Å². The number of thiazole rings is 1. The Hall–Kier alpha value is -2.05. The zero-order valence-electron chi connectivity index (χ0n) is 12.7. The lowest BCUT2D eigenvalue weighted by atomic mass is 10.2. The molecule has 3 aromatic rings. The van der Waals surface area contributed by atoms with Crippen LogP contribution in [0.5, 0.6) is 0 Å². The third kappa shape index (κ3) is 3.18. The molecule has 1 aromatic carbocycles. The molecule has 0 radical (unpaired) electrons. The highest BCUT2D eigenvalue weighted by Crippen LogP contribution is 2.38. The summed E-state index contributed by atoms with van der Waals surface area (Å²) in [6.07, 6.45) is 3.01. The van der Waals surface area contributed by atoms with E-state index in [2.05, 4.69) is 27.6 Å². The van der Waals surface area contributed by atoms with Crippen molar-refractivity contribution in [3.8, 4) is 10.6 Å². The van der Waals surface area contributed by atoms with E-state index >= 15 is 0 Å². The predicted octanol–water partition coefficient (Wildman–Crippen LogP) is 2.86. The molecule has 0 bridgehead atoms. The fraction of sp³-hybridized carbons (Fsp3) is 0.353. The van der Waals surface area contributed by atoms with Crippen molar-refractivity contribution in [2.75, 3.05) is 6.61 Å². The third-order valence-corrected chi connectivity index (χ3v) is 4.87. The molecule has 23 heavy (non-hydrogen) atoms. The molecule has 1 fully saturated rings. The third-order valence-electron chi connectivity index (χ3n) is 3.93. The average Bonchev–Trinajstić information content (AvgIpc) is 3.21. The van der Waals surface area contributed by atoms with Gasteiger partial charge in [0.15, 0.2) is 5.82 Å². The maximum atomic E-state index is 9.22. The van der Waals surface area contributed by atoms with Crippen LogP contribution in [0.1, 0.15) is 36.1 Å². The predicted molar refractivity (Wildman–Crippen MR) is 89.4 cm³/mol. The molecule has 2 aromatic heterocycles. The summed E-state index contributed by atoms with van der Waals surface area (Å²) in [6, 6.07) is 10.2. The van der Waals surface area contributed by atoms with E-state index in [4.69, 9.17) is 4.98 Å². The van der Waals surface area contributed by atoms with E-state index in [1.807, 2.05) is 22.9 Å². The quantitative estimate of drug-likeness (QED) is 0.756. The highest BCUT2D eigenvalue weighted by Gasteiger charge is 2.29. The molecule has 0 atom stereocenters. The van der Waals surface area contributed by atoms with Crippen LogP contribution in [0.3, 0.4) is 0 Å². The number of nitrogens with zero attached hydrogens (tertiary/aromatic N) is 4. The van der Waals surface area contributed by atoms with Crippen LogP contribution in [-0.2, 0) is 13.0 Å². The van der Waals surface area contributed by atoms with E-state index in [1.54, 1.807) is 11.3 Å². The van der Waals surface area contributed by atoms with Crippen LogP contribution in [-0.4, -0.2) is 31.5 Å². The minimum absolute atomic E-state index is 0.0762. The highest BCUT2D eigenvalue weighted by atomic mass is 32.1. The second-order valence-electron chi connectivity index (χ2n) is 5.79. The number of aliphatic hydroxyl groups is 1. The van der Waals surface area contributed by atoms with Crippen molar-refractivity contribution in [1.29, 1.82) is 0 Å². The van der Waals surface area contributed by atoms with Gasteiger partial charge >= 0.3 is 0 Å². The van der Waals surface area contributed by atoms with Crippen molar-refractivity contribution in [1.82, 2.24) is 19.7 Å². The van der Waals surface area contributed by atoms with Crippen LogP contribution in [0.4, 0.5) is 0 Å². The summed E-state index contributed by atoms with van der Waals surface area (Å²) < 4.78 is 1.83. The van der Waals surface area contributed by atoms with Crippen molar-refractivity contribution in [2.45, 2.75) is 31.7 Å². The van der Waals surface area contributed by atoms with Crippen LogP contribution in [0.2, 0.25) is 0 Å². The molecule has 1 N–H and O–H groups in total. The highest BCUT2D eigenvalue weighted by molar-refractivity contribution is 7.13. The summed E-state index contributed by atoms with van der Waals surface area (Å²) in [6.45, 7) is 0.567. The van der Waals surface area contributed by atoms with E-state index in [-0.39, 0.29) is 6.61 Å². The van der Waals surface area contributed by atoms with Gasteiger partial charge in [-0.05, 0) is 12.8 Å². The van der Waals surface area contributed by atoms with Crippen LogP contribution in [0.25, 0.3) is 10.6 Å². The summed E-state index contributed by atoms with van der Waals surface area (Å²) in [7, 11) is 0. The number of aromatic nitrogens is 4. The maximum Gasteiger partial charge on any atom is 0.154 e. The van der Waals surface area contributed by atoms with Gasteiger partial charge in [-0.2, -0.15) is 5.10 Å². The summed E-state index contributed by atoms with van der Waals surface area (Å²) in [5, 5.41) is 16.9. The van der Waals surface area contributed by atoms with Gasteiger partial charge in [0.25, 0.3) is 0 Å². The molecule has 1 aliphatic carbocycles. The Morgan fingerprint density at radius 1 is 1.17 bits per heavy atom. The first-order chi connectivity index (χ1) is 11.3. The molecule has 6 heteroatoms. The molecule has 0 saturated heterocycles. The first-order valence-electron chi connectivity index (χ1n) is 7.88. The zero-order chi connectivity index (χ0) is 15.6. The Bertz CT molecular complexity index is 792. The number of hydrogen-bond donors (Lipinski definition) is 1. The van der Waals surface area contributed by atoms with Gasteiger partial charge in [0, 0.05) is 16.9 Å². The lowest BCUT2D eigenvalue weighted by molar-refractivity contribution is 0.267. The zero-order valence-corrected chi connectivity index (χ0v) is 13.5. The maximum absolute atomic E-state index is 9.22. The monoisotopic (exact) mass is 326 g/mol. The fourth-order valence-corrected chi connectivity index (χ4v) is 3.40. The van der Waals surface area contributed by atoms with Crippen LogP contribution >= 0.6 is 11.3 Å². The molecule has 4 rings (SSSR count). The molecule has 1 saturated carbocycles. The molecule has 0 unspecified atom stereocenters. The minimum atomic E-state index is 0.0762. The van der Waals surface area contributed by atoms with E-state index in [9.17, 15) is 5.11 Å². The summed E-state index contributed by atoms with van der Waals surface area (Å²) in [5.74, 6) is 2.34. The van der Waals surface area contributed by atoms with Crippen LogP contribution < -0.4 is 0 Å². The van der Waals surface area contributed by atoms with Gasteiger partial charge in [0.2, 0.25) is 0 Å². The molecule has 1 aliphatic rings. The van der Waals surface area contributed by atoms with Crippen molar-refractivity contribution in [3.05, 3.63) is 53.1 Å². The molecule has 2 heterocycles. The van der Waals surface area contributed by atoms with Crippen molar-refractivity contribution in [3.63, 3.8) is 0 Å². The lowest BCUT2D eigenvalue weighted by Crippen LogP contribution is -2.09. The van der Waals surface area contributed by atoms with Gasteiger partial charge in [-0.3, -0.25) is 0 Å². The lowest BCUT2D eigenvalue weighted by Gasteiger charge is -2.01. The topological polar surface area (TPSA) is 63.8 Å². The standard InChI is InChI=1S/C17H18N4OS/c22-9-8-21-15(19-16(20-21)12-6-7-12)10-14-11-23-17(18-14)13-4-2-1-3-5-13/h1-5,11-12,22H,6-10H2. The molecule has 5 nitrogen and oxygen atoms in total. The minimum Gasteiger partial charge on any atom is -0.394 e. The van der Waals surface area contributed by atoms with Crippen molar-refractivity contribution >= 4 is 11.3 Å². The molecule has 118 valence electrons.